The van der Waals surface area contributed by atoms with Crippen LogP contribution in [0.3, 0.4) is 0 Å². The summed E-state index contributed by atoms with van der Waals surface area (Å²) in [6.45, 7) is 5.58. The van der Waals surface area contributed by atoms with E-state index in [1.54, 1.807) is 0 Å². The quantitative estimate of drug-likeness (QED) is 0.708. The maximum atomic E-state index is 11.0. The van der Waals surface area contributed by atoms with Crippen LogP contribution in [0.5, 0.6) is 0 Å². The predicted octanol–water partition coefficient (Wildman–Crippen LogP) is 2.98. The Hall–Kier alpha value is 0.0700. The molecule has 0 amide bonds. The van der Waals surface area contributed by atoms with Crippen molar-refractivity contribution in [2.24, 2.45) is 5.41 Å². The molecule has 1 heterocycles. The summed E-state index contributed by atoms with van der Waals surface area (Å²) in [4.78, 5) is 0. The van der Waals surface area contributed by atoms with Crippen molar-refractivity contribution in [2.75, 3.05) is 13.2 Å². The van der Waals surface area contributed by atoms with Gasteiger partial charge in [-0.05, 0) is 12.8 Å². The summed E-state index contributed by atoms with van der Waals surface area (Å²) < 4.78 is 21.2. The van der Waals surface area contributed by atoms with Gasteiger partial charge in [-0.25, -0.2) is 0 Å². The average molecular weight is 234 g/mol. The van der Waals surface area contributed by atoms with E-state index in [0.29, 0.717) is 13.2 Å². The second-order valence-corrected chi connectivity index (χ2v) is 5.32. The summed E-state index contributed by atoms with van der Waals surface area (Å²) in [5.74, 6) is 0. The van der Waals surface area contributed by atoms with Gasteiger partial charge in [0.15, 0.2) is 0 Å². The fourth-order valence-electron chi connectivity index (χ4n) is 1.94. The van der Waals surface area contributed by atoms with Gasteiger partial charge in [0.1, 0.15) is 0 Å². The van der Waals surface area contributed by atoms with E-state index in [0.717, 1.165) is 12.8 Å². The second-order valence-electron chi connectivity index (χ2n) is 4.44. The van der Waals surface area contributed by atoms with Gasteiger partial charge >= 0.3 is 11.4 Å². The van der Waals surface area contributed by atoms with Crippen LogP contribution in [0.1, 0.15) is 52.4 Å². The molecule has 1 fully saturated rings. The van der Waals surface area contributed by atoms with Crippen LogP contribution in [0.2, 0.25) is 0 Å². The van der Waals surface area contributed by atoms with Gasteiger partial charge in [-0.3, -0.25) is 8.37 Å². The molecule has 1 aliphatic rings. The van der Waals surface area contributed by atoms with E-state index < -0.39 is 11.4 Å². The van der Waals surface area contributed by atoms with Crippen LogP contribution in [0.15, 0.2) is 0 Å². The molecule has 0 aliphatic carbocycles. The third kappa shape index (κ3) is 4.21. The van der Waals surface area contributed by atoms with E-state index in [1.807, 2.05) is 0 Å². The summed E-state index contributed by atoms with van der Waals surface area (Å²) in [5, 5.41) is 0. The molecule has 0 N–H and O–H groups in total. The molecule has 0 bridgehead atoms. The van der Waals surface area contributed by atoms with Crippen LogP contribution in [0, 0.1) is 5.41 Å². The molecular weight excluding hydrogens is 212 g/mol. The Balaban J connectivity index is 2.47. The predicted molar refractivity (Wildman–Crippen MR) is 61.5 cm³/mol. The first-order valence-corrected chi connectivity index (χ1v) is 6.91. The number of hydrogen-bond acceptors (Lipinski definition) is 3. The summed E-state index contributed by atoms with van der Waals surface area (Å²) in [6, 6.07) is 0. The van der Waals surface area contributed by atoms with Gasteiger partial charge in [0.25, 0.3) is 0 Å². The topological polar surface area (TPSA) is 35.5 Å². The standard InChI is InChI=1S/C11H22O3S/c1-3-5-7-11(8-6-4-2)9-13-15(12)14-10-11/h3-10H2,1-2H3. The van der Waals surface area contributed by atoms with Gasteiger partial charge < -0.3 is 0 Å². The monoisotopic (exact) mass is 234 g/mol. The maximum Gasteiger partial charge on any atom is 0.304 e. The van der Waals surface area contributed by atoms with Gasteiger partial charge in [-0.15, -0.1) is 0 Å². The summed E-state index contributed by atoms with van der Waals surface area (Å²) in [5.41, 5.74) is 0.125. The zero-order chi connectivity index (χ0) is 11.1. The number of rotatable bonds is 6. The molecule has 0 atom stereocenters. The van der Waals surface area contributed by atoms with Gasteiger partial charge in [0.05, 0.1) is 13.2 Å². The van der Waals surface area contributed by atoms with Crippen LogP contribution in [0.4, 0.5) is 0 Å². The minimum atomic E-state index is -1.50. The highest BCUT2D eigenvalue weighted by molar-refractivity contribution is 7.75. The summed E-state index contributed by atoms with van der Waals surface area (Å²) in [7, 11) is 0. The molecule has 0 radical (unpaired) electrons. The van der Waals surface area contributed by atoms with Crippen molar-refractivity contribution < 1.29 is 12.6 Å². The first kappa shape index (κ1) is 13.1. The molecule has 15 heavy (non-hydrogen) atoms. The van der Waals surface area contributed by atoms with E-state index >= 15 is 0 Å². The number of unbranched alkanes of at least 4 members (excludes halogenated alkanes) is 2. The lowest BCUT2D eigenvalue weighted by atomic mass is 9.80. The third-order valence-corrected chi connectivity index (χ3v) is 3.66. The van der Waals surface area contributed by atoms with E-state index in [9.17, 15) is 4.21 Å². The lowest BCUT2D eigenvalue weighted by Gasteiger charge is -2.35. The van der Waals surface area contributed by atoms with Crippen molar-refractivity contribution in [2.45, 2.75) is 52.4 Å². The molecule has 0 aromatic carbocycles. The summed E-state index contributed by atoms with van der Waals surface area (Å²) in [6.07, 6.45) is 7.03. The highest BCUT2D eigenvalue weighted by Crippen LogP contribution is 2.35. The normalized spacial score (nSPS) is 21.7. The molecule has 0 saturated carbocycles. The molecule has 0 aromatic rings. The Morgan fingerprint density at radius 1 is 1.07 bits per heavy atom. The van der Waals surface area contributed by atoms with Crippen molar-refractivity contribution >= 4 is 11.4 Å². The summed E-state index contributed by atoms with van der Waals surface area (Å²) >= 11 is -1.50. The molecule has 0 unspecified atom stereocenters. The molecular formula is C11H22O3S. The van der Waals surface area contributed by atoms with Crippen molar-refractivity contribution in [3.05, 3.63) is 0 Å². The van der Waals surface area contributed by atoms with Gasteiger partial charge in [-0.2, -0.15) is 4.21 Å². The smallest absolute Gasteiger partial charge is 0.268 e. The van der Waals surface area contributed by atoms with Crippen LogP contribution >= 0.6 is 0 Å². The Bertz CT molecular complexity index is 186. The molecule has 1 saturated heterocycles. The van der Waals surface area contributed by atoms with Gasteiger partial charge in [0, 0.05) is 5.41 Å². The zero-order valence-electron chi connectivity index (χ0n) is 9.79. The minimum Gasteiger partial charge on any atom is -0.268 e. The molecule has 90 valence electrons. The van der Waals surface area contributed by atoms with E-state index in [2.05, 4.69) is 13.8 Å². The second kappa shape index (κ2) is 6.61. The van der Waals surface area contributed by atoms with E-state index in [1.165, 1.54) is 25.7 Å². The van der Waals surface area contributed by atoms with E-state index in [-0.39, 0.29) is 5.41 Å². The highest BCUT2D eigenvalue weighted by Gasteiger charge is 2.35. The van der Waals surface area contributed by atoms with Crippen molar-refractivity contribution in [3.63, 3.8) is 0 Å². The number of hydrogen-bond donors (Lipinski definition) is 0. The first-order valence-electron chi connectivity index (χ1n) is 5.91. The largest absolute Gasteiger partial charge is 0.304 e. The Labute approximate surface area is 95.4 Å². The average Bonchev–Trinajstić information content (AvgIpc) is 2.27. The van der Waals surface area contributed by atoms with E-state index in [4.69, 9.17) is 8.37 Å². The molecule has 4 heteroatoms. The third-order valence-electron chi connectivity index (χ3n) is 3.04. The van der Waals surface area contributed by atoms with Crippen LogP contribution < -0.4 is 0 Å². The Morgan fingerprint density at radius 3 is 1.93 bits per heavy atom. The van der Waals surface area contributed by atoms with Crippen LogP contribution in [-0.2, 0) is 19.7 Å². The lowest BCUT2D eigenvalue weighted by Crippen LogP contribution is -2.37. The molecule has 0 spiro atoms. The molecule has 1 aliphatic heterocycles. The Morgan fingerprint density at radius 2 is 1.53 bits per heavy atom. The molecule has 1 rings (SSSR count). The van der Waals surface area contributed by atoms with Crippen molar-refractivity contribution in [1.82, 2.24) is 0 Å². The van der Waals surface area contributed by atoms with Crippen molar-refractivity contribution in [3.8, 4) is 0 Å². The highest BCUT2D eigenvalue weighted by atomic mass is 32.2. The van der Waals surface area contributed by atoms with Gasteiger partial charge in [0.2, 0.25) is 0 Å². The van der Waals surface area contributed by atoms with Gasteiger partial charge in [-0.1, -0.05) is 39.5 Å². The molecule has 3 nitrogen and oxygen atoms in total. The minimum absolute atomic E-state index is 0.125. The van der Waals surface area contributed by atoms with Crippen molar-refractivity contribution in [1.29, 1.82) is 0 Å². The first-order chi connectivity index (χ1) is 7.22. The molecule has 0 aromatic heterocycles. The lowest BCUT2D eigenvalue weighted by molar-refractivity contribution is 0.0219. The maximum absolute atomic E-state index is 11.0. The fraction of sp³-hybridized carbons (Fsp3) is 1.00. The van der Waals surface area contributed by atoms with Crippen LogP contribution in [-0.4, -0.2) is 17.4 Å². The fourth-order valence-corrected chi connectivity index (χ4v) is 2.70. The SMILES string of the molecule is CCCCC1(CCCC)COS(=O)OC1. The Kier molecular flexibility index (Phi) is 5.79. The van der Waals surface area contributed by atoms with Crippen LogP contribution in [0.25, 0.3) is 0 Å². The zero-order valence-corrected chi connectivity index (χ0v) is 10.6.